The molecule has 0 unspecified atom stereocenters. The first kappa shape index (κ1) is 15.6. The van der Waals surface area contributed by atoms with Crippen LogP contribution in [0.2, 0.25) is 0 Å². The maximum absolute atomic E-state index is 5.33. The van der Waals surface area contributed by atoms with Crippen LogP contribution in [0, 0.1) is 4.77 Å². The van der Waals surface area contributed by atoms with Crippen molar-refractivity contribution in [3.8, 4) is 17.1 Å². The molecule has 2 heterocycles. The molecule has 3 aromatic rings. The maximum Gasteiger partial charge on any atom is 0.216 e. The Morgan fingerprint density at radius 1 is 1.39 bits per heavy atom. The molecule has 8 heteroatoms. The number of rotatable bonds is 4. The summed E-state index contributed by atoms with van der Waals surface area (Å²) >= 11 is 8.68. The normalized spacial score (nSPS) is 11.0. The van der Waals surface area contributed by atoms with Gasteiger partial charge in [0.2, 0.25) is 4.77 Å². The predicted octanol–water partition coefficient (Wildman–Crippen LogP) is 3.66. The second-order valence-electron chi connectivity index (χ2n) is 4.54. The van der Waals surface area contributed by atoms with Gasteiger partial charge >= 0.3 is 0 Å². The van der Waals surface area contributed by atoms with Crippen molar-refractivity contribution in [3.63, 3.8) is 0 Å². The van der Waals surface area contributed by atoms with Crippen molar-refractivity contribution < 1.29 is 4.74 Å². The van der Waals surface area contributed by atoms with Crippen molar-refractivity contribution in [2.24, 2.45) is 5.10 Å². The van der Waals surface area contributed by atoms with E-state index in [4.69, 9.17) is 17.0 Å². The van der Waals surface area contributed by atoms with Crippen LogP contribution in [0.15, 0.2) is 52.3 Å². The fourth-order valence-electron chi connectivity index (χ4n) is 2.01. The monoisotopic (exact) mass is 389 g/mol. The minimum Gasteiger partial charge on any atom is -0.496 e. The zero-order chi connectivity index (χ0) is 16.2. The van der Waals surface area contributed by atoms with Crippen LogP contribution in [0.4, 0.5) is 0 Å². The van der Waals surface area contributed by atoms with E-state index in [1.165, 1.54) is 0 Å². The van der Waals surface area contributed by atoms with Crippen LogP contribution in [-0.2, 0) is 0 Å². The van der Waals surface area contributed by atoms with Gasteiger partial charge in [-0.25, -0.2) is 5.10 Å². The molecular weight excluding hydrogens is 378 g/mol. The molecule has 1 aromatic carbocycles. The average Bonchev–Trinajstić information content (AvgIpc) is 2.94. The lowest BCUT2D eigenvalue weighted by Crippen LogP contribution is -1.97. The molecule has 23 heavy (non-hydrogen) atoms. The Hall–Kier alpha value is -2.32. The Morgan fingerprint density at radius 3 is 3.00 bits per heavy atom. The van der Waals surface area contributed by atoms with E-state index in [-0.39, 0.29) is 0 Å². The number of aromatic amines is 1. The van der Waals surface area contributed by atoms with Gasteiger partial charge < -0.3 is 4.74 Å². The summed E-state index contributed by atoms with van der Waals surface area (Å²) in [7, 11) is 1.62. The first-order valence-electron chi connectivity index (χ1n) is 6.65. The molecule has 0 aliphatic heterocycles. The molecule has 3 rings (SSSR count). The van der Waals surface area contributed by atoms with Crippen LogP contribution in [-0.4, -0.2) is 33.2 Å². The van der Waals surface area contributed by atoms with E-state index >= 15 is 0 Å². The van der Waals surface area contributed by atoms with Crippen LogP contribution in [0.3, 0.4) is 0 Å². The van der Waals surface area contributed by atoms with Gasteiger partial charge in [0.25, 0.3) is 0 Å². The molecule has 0 radical (unpaired) electrons. The lowest BCUT2D eigenvalue weighted by Gasteiger charge is -2.05. The highest BCUT2D eigenvalue weighted by Gasteiger charge is 2.08. The van der Waals surface area contributed by atoms with E-state index in [1.54, 1.807) is 30.4 Å². The minimum absolute atomic E-state index is 0.397. The van der Waals surface area contributed by atoms with E-state index in [9.17, 15) is 0 Å². The van der Waals surface area contributed by atoms with Crippen molar-refractivity contribution in [3.05, 3.63) is 57.5 Å². The highest BCUT2D eigenvalue weighted by Crippen LogP contribution is 2.22. The first-order chi connectivity index (χ1) is 11.2. The standard InChI is InChI=1S/C15H12BrN5OS/c1-22-13-5-4-12(16)7-11(13)9-18-21-14(19-20-15(21)23)10-3-2-6-17-8-10/h2-9H,1H3,(H,20,23)/b18-9+. The number of benzene rings is 1. The van der Waals surface area contributed by atoms with Gasteiger partial charge in [-0.1, -0.05) is 15.9 Å². The van der Waals surface area contributed by atoms with Gasteiger partial charge in [0.05, 0.1) is 13.3 Å². The topological polar surface area (TPSA) is 68.1 Å². The number of H-pyrrole nitrogens is 1. The molecule has 0 aliphatic rings. The molecule has 6 nitrogen and oxygen atoms in total. The number of pyridine rings is 1. The Labute approximate surface area is 146 Å². The van der Waals surface area contributed by atoms with E-state index in [1.807, 2.05) is 30.3 Å². The van der Waals surface area contributed by atoms with Gasteiger partial charge in [-0.3, -0.25) is 4.98 Å². The molecular formula is C15H12BrN5OS. The number of hydrogen-bond donors (Lipinski definition) is 1. The highest BCUT2D eigenvalue weighted by molar-refractivity contribution is 9.10. The lowest BCUT2D eigenvalue weighted by molar-refractivity contribution is 0.414. The van der Waals surface area contributed by atoms with Crippen molar-refractivity contribution in [1.82, 2.24) is 19.9 Å². The summed E-state index contributed by atoms with van der Waals surface area (Å²) in [5, 5.41) is 11.4. The van der Waals surface area contributed by atoms with Crippen LogP contribution < -0.4 is 4.74 Å². The molecule has 116 valence electrons. The summed E-state index contributed by atoms with van der Waals surface area (Å²) in [5.41, 5.74) is 1.64. The van der Waals surface area contributed by atoms with Crippen LogP contribution in [0.1, 0.15) is 5.56 Å². The molecule has 0 spiro atoms. The molecule has 0 saturated carbocycles. The second kappa shape index (κ2) is 6.84. The Morgan fingerprint density at radius 2 is 2.26 bits per heavy atom. The van der Waals surface area contributed by atoms with Crippen LogP contribution in [0.5, 0.6) is 5.75 Å². The summed E-state index contributed by atoms with van der Waals surface area (Å²) in [4.78, 5) is 4.09. The maximum atomic E-state index is 5.33. The number of aromatic nitrogens is 4. The number of nitrogens with one attached hydrogen (secondary N) is 1. The third-order valence-electron chi connectivity index (χ3n) is 3.07. The second-order valence-corrected chi connectivity index (χ2v) is 5.84. The quantitative estimate of drug-likeness (QED) is 0.546. The fraction of sp³-hybridized carbons (Fsp3) is 0.0667. The lowest BCUT2D eigenvalue weighted by atomic mass is 10.2. The van der Waals surface area contributed by atoms with Crippen LogP contribution >= 0.6 is 28.1 Å². The minimum atomic E-state index is 0.397. The Kier molecular flexibility index (Phi) is 4.63. The summed E-state index contributed by atoms with van der Waals surface area (Å²) in [6, 6.07) is 9.40. The van der Waals surface area contributed by atoms with Gasteiger partial charge in [0.15, 0.2) is 5.82 Å². The van der Waals surface area contributed by atoms with Crippen molar-refractivity contribution >= 4 is 34.4 Å². The molecule has 1 N–H and O–H groups in total. The van der Waals surface area contributed by atoms with E-state index in [2.05, 4.69) is 36.2 Å². The molecule has 0 aliphatic carbocycles. The van der Waals surface area contributed by atoms with E-state index in [0.717, 1.165) is 21.3 Å². The fourth-order valence-corrected chi connectivity index (χ4v) is 2.56. The zero-order valence-electron chi connectivity index (χ0n) is 12.1. The summed E-state index contributed by atoms with van der Waals surface area (Å²) in [6.07, 6.45) is 5.08. The van der Waals surface area contributed by atoms with Crippen molar-refractivity contribution in [2.45, 2.75) is 0 Å². The third kappa shape index (κ3) is 3.38. The number of nitrogens with zero attached hydrogens (tertiary/aromatic N) is 4. The first-order valence-corrected chi connectivity index (χ1v) is 7.85. The van der Waals surface area contributed by atoms with E-state index < -0.39 is 0 Å². The number of halogens is 1. The van der Waals surface area contributed by atoms with Crippen LogP contribution in [0.25, 0.3) is 11.4 Å². The highest BCUT2D eigenvalue weighted by atomic mass is 79.9. The molecule has 0 atom stereocenters. The smallest absolute Gasteiger partial charge is 0.216 e. The summed E-state index contributed by atoms with van der Waals surface area (Å²) in [6.45, 7) is 0. The molecule has 0 bridgehead atoms. The largest absolute Gasteiger partial charge is 0.496 e. The van der Waals surface area contributed by atoms with Crippen molar-refractivity contribution in [2.75, 3.05) is 7.11 Å². The van der Waals surface area contributed by atoms with E-state index in [0.29, 0.717) is 10.6 Å². The predicted molar refractivity (Wildman–Crippen MR) is 94.3 cm³/mol. The third-order valence-corrected chi connectivity index (χ3v) is 3.83. The number of ether oxygens (including phenoxy) is 1. The average molecular weight is 390 g/mol. The van der Waals surface area contributed by atoms with Crippen molar-refractivity contribution in [1.29, 1.82) is 0 Å². The molecule has 0 fully saturated rings. The molecule has 0 saturated heterocycles. The summed E-state index contributed by atoms with van der Waals surface area (Å²) in [5.74, 6) is 1.31. The van der Waals surface area contributed by atoms with Gasteiger partial charge in [-0.15, -0.1) is 0 Å². The Balaban J connectivity index is 2.03. The Bertz CT molecular complexity index is 904. The number of hydrogen-bond acceptors (Lipinski definition) is 5. The van der Waals surface area contributed by atoms with Gasteiger partial charge in [0.1, 0.15) is 5.75 Å². The zero-order valence-corrected chi connectivity index (χ0v) is 14.5. The molecule has 0 amide bonds. The van der Waals surface area contributed by atoms with Gasteiger partial charge in [-0.05, 0) is 42.5 Å². The summed E-state index contributed by atoms with van der Waals surface area (Å²) < 4.78 is 8.21. The number of methoxy groups -OCH3 is 1. The van der Waals surface area contributed by atoms with Gasteiger partial charge in [0, 0.05) is 28.0 Å². The molecule has 2 aromatic heterocycles. The van der Waals surface area contributed by atoms with Gasteiger partial charge in [-0.2, -0.15) is 14.9 Å². The SMILES string of the molecule is COc1ccc(Br)cc1/C=N/n1c(-c2cccnc2)n[nH]c1=S.